The second-order valence-corrected chi connectivity index (χ2v) is 5.62. The fourth-order valence-electron chi connectivity index (χ4n) is 2.69. The molecule has 1 aliphatic carbocycles. The van der Waals surface area contributed by atoms with Crippen LogP contribution in [0.4, 0.5) is 0 Å². The Labute approximate surface area is 108 Å². The molecule has 1 aliphatic rings. The first-order valence-electron chi connectivity index (χ1n) is 7.91. The van der Waals surface area contributed by atoms with Crippen LogP contribution >= 0.6 is 0 Å². The van der Waals surface area contributed by atoms with Gasteiger partial charge in [-0.05, 0) is 19.3 Å². The van der Waals surface area contributed by atoms with Crippen molar-refractivity contribution in [2.75, 3.05) is 0 Å². The molecule has 1 radical (unpaired) electrons. The first kappa shape index (κ1) is 15.0. The molecule has 0 saturated heterocycles. The Morgan fingerprint density at radius 3 is 1.53 bits per heavy atom. The van der Waals surface area contributed by atoms with E-state index in [0.717, 1.165) is 12.8 Å². The molecule has 101 valence electrons. The van der Waals surface area contributed by atoms with E-state index in [2.05, 4.69) is 6.42 Å². The third kappa shape index (κ3) is 9.64. The minimum Gasteiger partial charge on any atom is -0.393 e. The minimum atomic E-state index is -0.136. The van der Waals surface area contributed by atoms with Crippen molar-refractivity contribution in [3.63, 3.8) is 0 Å². The molecule has 0 bridgehead atoms. The second-order valence-electron chi connectivity index (χ2n) is 5.62. The van der Waals surface area contributed by atoms with E-state index in [9.17, 15) is 5.11 Å². The number of rotatable bonds is 0. The van der Waals surface area contributed by atoms with Gasteiger partial charge in [0.15, 0.2) is 0 Å². The highest BCUT2D eigenvalue weighted by Gasteiger charge is 2.04. The number of aliphatic hydroxyl groups excluding tert-OH is 1. The van der Waals surface area contributed by atoms with Crippen molar-refractivity contribution < 1.29 is 5.11 Å². The minimum absolute atomic E-state index is 0.136. The second kappa shape index (κ2) is 11.1. The summed E-state index contributed by atoms with van der Waals surface area (Å²) in [6, 6.07) is 0. The zero-order valence-corrected chi connectivity index (χ0v) is 11.5. The van der Waals surface area contributed by atoms with Crippen LogP contribution in [0, 0.1) is 6.42 Å². The van der Waals surface area contributed by atoms with E-state index in [1.165, 1.54) is 77.0 Å². The van der Waals surface area contributed by atoms with Crippen molar-refractivity contribution in [1.29, 1.82) is 0 Å². The van der Waals surface area contributed by atoms with Gasteiger partial charge in [0.1, 0.15) is 0 Å². The summed E-state index contributed by atoms with van der Waals surface area (Å²) >= 11 is 0. The first-order chi connectivity index (χ1) is 8.39. The lowest BCUT2D eigenvalue weighted by molar-refractivity contribution is 0.187. The highest BCUT2D eigenvalue weighted by Crippen LogP contribution is 2.16. The average molecular weight is 239 g/mol. The van der Waals surface area contributed by atoms with Crippen molar-refractivity contribution in [3.05, 3.63) is 6.42 Å². The summed E-state index contributed by atoms with van der Waals surface area (Å²) in [5.74, 6) is 0. The molecule has 1 nitrogen and oxygen atoms in total. The lowest BCUT2D eigenvalue weighted by Gasteiger charge is -2.10. The van der Waals surface area contributed by atoms with Gasteiger partial charge in [-0.25, -0.2) is 0 Å². The molecule has 0 amide bonds. The van der Waals surface area contributed by atoms with Crippen molar-refractivity contribution in [1.82, 2.24) is 0 Å². The van der Waals surface area contributed by atoms with Gasteiger partial charge in [0.2, 0.25) is 0 Å². The van der Waals surface area contributed by atoms with Gasteiger partial charge in [-0.2, -0.15) is 0 Å². The molecule has 17 heavy (non-hydrogen) atoms. The standard InChI is InChI=1S/C16H31O/c17-16-14-12-10-8-6-4-2-1-3-5-7-9-11-13-15-16/h14,16-17H,1-13,15H2. The Morgan fingerprint density at radius 1 is 0.588 bits per heavy atom. The van der Waals surface area contributed by atoms with Crippen molar-refractivity contribution >= 4 is 0 Å². The predicted octanol–water partition coefficient (Wildman–Crippen LogP) is 5.03. The average Bonchev–Trinajstić information content (AvgIpc) is 2.32. The SMILES string of the molecule is OC1[CH]CCCCCCCCCCCCCC1. The Hall–Kier alpha value is -0.0400. The Balaban J connectivity index is 2.09. The largest absolute Gasteiger partial charge is 0.393 e. The molecule has 1 saturated carbocycles. The van der Waals surface area contributed by atoms with Crippen LogP contribution in [0.25, 0.3) is 0 Å². The molecular weight excluding hydrogens is 208 g/mol. The van der Waals surface area contributed by atoms with Gasteiger partial charge in [-0.3, -0.25) is 0 Å². The Morgan fingerprint density at radius 2 is 1.00 bits per heavy atom. The van der Waals surface area contributed by atoms with Crippen molar-refractivity contribution in [2.45, 2.75) is 96.0 Å². The van der Waals surface area contributed by atoms with Gasteiger partial charge < -0.3 is 5.11 Å². The monoisotopic (exact) mass is 239 g/mol. The summed E-state index contributed by atoms with van der Waals surface area (Å²) in [6.07, 6.45) is 20.6. The molecule has 0 aromatic carbocycles. The molecule has 1 atom stereocenters. The zero-order valence-electron chi connectivity index (χ0n) is 11.5. The van der Waals surface area contributed by atoms with Gasteiger partial charge in [0.05, 0.1) is 6.10 Å². The number of hydrogen-bond acceptors (Lipinski definition) is 1. The quantitative estimate of drug-likeness (QED) is 0.629. The van der Waals surface area contributed by atoms with E-state index in [1.807, 2.05) is 0 Å². The van der Waals surface area contributed by atoms with Crippen LogP contribution in [-0.2, 0) is 0 Å². The fraction of sp³-hybridized carbons (Fsp3) is 0.938. The topological polar surface area (TPSA) is 20.2 Å². The molecule has 1 N–H and O–H groups in total. The zero-order chi connectivity index (χ0) is 12.2. The lowest BCUT2D eigenvalue weighted by atomic mass is 10.00. The Bertz CT molecular complexity index is 140. The number of hydrogen-bond donors (Lipinski definition) is 1. The molecular formula is C16H31O. The summed E-state index contributed by atoms with van der Waals surface area (Å²) in [6.45, 7) is 0. The normalized spacial score (nSPS) is 24.5. The first-order valence-corrected chi connectivity index (χ1v) is 7.91. The van der Waals surface area contributed by atoms with Crippen molar-refractivity contribution in [2.24, 2.45) is 0 Å². The van der Waals surface area contributed by atoms with E-state index in [-0.39, 0.29) is 6.10 Å². The molecule has 0 aliphatic heterocycles. The van der Waals surface area contributed by atoms with E-state index < -0.39 is 0 Å². The van der Waals surface area contributed by atoms with Gasteiger partial charge in [-0.15, -0.1) is 0 Å². The van der Waals surface area contributed by atoms with Crippen molar-refractivity contribution in [3.8, 4) is 0 Å². The van der Waals surface area contributed by atoms with Crippen LogP contribution < -0.4 is 0 Å². The maximum absolute atomic E-state index is 9.76. The highest BCUT2D eigenvalue weighted by molar-refractivity contribution is 4.75. The maximum atomic E-state index is 9.76. The summed E-state index contributed by atoms with van der Waals surface area (Å²) < 4.78 is 0. The van der Waals surface area contributed by atoms with Crippen LogP contribution in [0.1, 0.15) is 89.9 Å². The summed E-state index contributed by atoms with van der Waals surface area (Å²) in [5, 5.41) is 9.76. The number of aliphatic hydroxyl groups is 1. The summed E-state index contributed by atoms with van der Waals surface area (Å²) in [7, 11) is 0. The van der Waals surface area contributed by atoms with E-state index >= 15 is 0 Å². The van der Waals surface area contributed by atoms with E-state index in [0.29, 0.717) is 0 Å². The molecule has 1 rings (SSSR count). The summed E-state index contributed by atoms with van der Waals surface area (Å²) in [5.41, 5.74) is 0. The lowest BCUT2D eigenvalue weighted by Crippen LogP contribution is -2.06. The molecule has 0 spiro atoms. The van der Waals surface area contributed by atoms with E-state index in [1.54, 1.807) is 0 Å². The fourth-order valence-corrected chi connectivity index (χ4v) is 2.69. The van der Waals surface area contributed by atoms with Crippen LogP contribution in [0.3, 0.4) is 0 Å². The predicted molar refractivity (Wildman–Crippen MR) is 74.9 cm³/mol. The molecule has 1 fully saturated rings. The molecule has 1 heteroatoms. The van der Waals surface area contributed by atoms with Gasteiger partial charge in [-0.1, -0.05) is 77.0 Å². The van der Waals surface area contributed by atoms with E-state index in [4.69, 9.17) is 0 Å². The van der Waals surface area contributed by atoms with Crippen LogP contribution in [0.15, 0.2) is 0 Å². The third-order valence-electron chi connectivity index (χ3n) is 3.89. The van der Waals surface area contributed by atoms with Gasteiger partial charge in [0, 0.05) is 0 Å². The molecule has 0 aromatic rings. The van der Waals surface area contributed by atoms with Gasteiger partial charge >= 0.3 is 0 Å². The van der Waals surface area contributed by atoms with Gasteiger partial charge in [0.25, 0.3) is 0 Å². The maximum Gasteiger partial charge on any atom is 0.0572 e. The van der Waals surface area contributed by atoms with Crippen LogP contribution in [-0.4, -0.2) is 11.2 Å². The third-order valence-corrected chi connectivity index (χ3v) is 3.89. The van der Waals surface area contributed by atoms with Crippen LogP contribution in [0.5, 0.6) is 0 Å². The Kier molecular flexibility index (Phi) is 9.78. The molecule has 0 aromatic heterocycles. The highest BCUT2D eigenvalue weighted by atomic mass is 16.3. The molecule has 1 unspecified atom stereocenters. The smallest absolute Gasteiger partial charge is 0.0572 e. The summed E-state index contributed by atoms with van der Waals surface area (Å²) in [4.78, 5) is 0. The molecule has 0 heterocycles. The van der Waals surface area contributed by atoms with Crippen LogP contribution in [0.2, 0.25) is 0 Å².